The van der Waals surface area contributed by atoms with E-state index in [1.165, 1.54) is 7.11 Å². The van der Waals surface area contributed by atoms with E-state index in [1.807, 2.05) is 0 Å². The van der Waals surface area contributed by atoms with Crippen LogP contribution in [-0.2, 0) is 14.3 Å². The van der Waals surface area contributed by atoms with Crippen molar-refractivity contribution in [2.24, 2.45) is 0 Å². The molecule has 76 valence electrons. The predicted octanol–water partition coefficient (Wildman–Crippen LogP) is 0.731. The molecule has 5 nitrogen and oxygen atoms in total. The second-order valence-electron chi connectivity index (χ2n) is 2.82. The Morgan fingerprint density at radius 1 is 1.38 bits per heavy atom. The highest BCUT2D eigenvalue weighted by Crippen LogP contribution is 2.22. The van der Waals surface area contributed by atoms with E-state index in [9.17, 15) is 9.59 Å². The van der Waals surface area contributed by atoms with E-state index < -0.39 is 24.0 Å². The maximum absolute atomic E-state index is 10.8. The summed E-state index contributed by atoms with van der Waals surface area (Å²) in [7, 11) is 1.21. The third kappa shape index (κ3) is 3.02. The monoisotopic (exact) mass is 190 g/mol. The van der Waals surface area contributed by atoms with Gasteiger partial charge in [-0.3, -0.25) is 4.79 Å². The van der Waals surface area contributed by atoms with Gasteiger partial charge in [0.25, 0.3) is 0 Å². The second-order valence-corrected chi connectivity index (χ2v) is 2.82. The van der Waals surface area contributed by atoms with Gasteiger partial charge in [0.15, 0.2) is 5.60 Å². The molecule has 0 heterocycles. The summed E-state index contributed by atoms with van der Waals surface area (Å²) in [5.74, 6) is -2.39. The fraction of sp³-hybridized carbons (Fsp3) is 0.750. The number of carbonyl (C=O) groups is 2. The highest BCUT2D eigenvalue weighted by atomic mass is 16.5. The van der Waals surface area contributed by atoms with Crippen LogP contribution >= 0.6 is 0 Å². The maximum atomic E-state index is 10.8. The van der Waals surface area contributed by atoms with Crippen LogP contribution in [0, 0.1) is 0 Å². The molecule has 5 heteroatoms. The fourth-order valence-corrected chi connectivity index (χ4v) is 1.18. The lowest BCUT2D eigenvalue weighted by Gasteiger charge is -2.25. The van der Waals surface area contributed by atoms with Gasteiger partial charge in [0.05, 0.1) is 6.42 Å². The Morgan fingerprint density at radius 3 is 2.15 bits per heavy atom. The lowest BCUT2D eigenvalue weighted by molar-refractivity contribution is -0.170. The van der Waals surface area contributed by atoms with E-state index in [4.69, 9.17) is 14.9 Å². The third-order valence-electron chi connectivity index (χ3n) is 1.87. The van der Waals surface area contributed by atoms with Crippen molar-refractivity contribution in [3.8, 4) is 0 Å². The van der Waals surface area contributed by atoms with Crippen LogP contribution in [-0.4, -0.2) is 34.9 Å². The Kier molecular flexibility index (Phi) is 4.40. The van der Waals surface area contributed by atoms with Crippen molar-refractivity contribution < 1.29 is 24.5 Å². The van der Waals surface area contributed by atoms with Crippen LogP contribution in [0.25, 0.3) is 0 Å². The fourth-order valence-electron chi connectivity index (χ4n) is 1.18. The number of methoxy groups -OCH3 is 1. The number of hydrogen-bond donors (Lipinski definition) is 2. The lowest BCUT2D eigenvalue weighted by atomic mass is 9.94. The molecule has 0 aromatic heterocycles. The number of aliphatic carboxylic acids is 2. The number of ether oxygens (including phenoxy) is 1. The molecule has 0 aliphatic carbocycles. The number of hydrogen-bond acceptors (Lipinski definition) is 3. The molecule has 0 aromatic carbocycles. The number of carboxylic acid groups (broad SMARTS) is 2. The molecule has 0 aliphatic heterocycles. The Balaban J connectivity index is 4.64. The first-order valence-corrected chi connectivity index (χ1v) is 3.99. The zero-order valence-corrected chi connectivity index (χ0v) is 7.74. The van der Waals surface area contributed by atoms with Crippen LogP contribution in [0.15, 0.2) is 0 Å². The summed E-state index contributed by atoms with van der Waals surface area (Å²) >= 11 is 0. The molecule has 0 amide bonds. The summed E-state index contributed by atoms with van der Waals surface area (Å²) in [6, 6.07) is 0. The van der Waals surface area contributed by atoms with E-state index in [0.29, 0.717) is 6.42 Å². The van der Waals surface area contributed by atoms with E-state index in [-0.39, 0.29) is 6.42 Å². The van der Waals surface area contributed by atoms with Crippen LogP contribution in [0.2, 0.25) is 0 Å². The summed E-state index contributed by atoms with van der Waals surface area (Å²) in [6.07, 6.45) is 0.255. The topological polar surface area (TPSA) is 83.8 Å². The highest BCUT2D eigenvalue weighted by molar-refractivity contribution is 5.83. The molecule has 0 fully saturated rings. The molecular formula is C8H14O5. The van der Waals surface area contributed by atoms with Crippen molar-refractivity contribution in [3.05, 3.63) is 0 Å². The van der Waals surface area contributed by atoms with Gasteiger partial charge < -0.3 is 14.9 Å². The molecule has 1 unspecified atom stereocenters. The molecule has 0 bridgehead atoms. The van der Waals surface area contributed by atoms with Crippen molar-refractivity contribution in [2.75, 3.05) is 7.11 Å². The normalized spacial score (nSPS) is 14.9. The molecule has 0 spiro atoms. The standard InChI is InChI=1S/C8H14O5/c1-3-4-8(13-2,7(11)12)5-6(9)10/h3-5H2,1-2H3,(H,9,10)(H,11,12). The largest absolute Gasteiger partial charge is 0.481 e. The van der Waals surface area contributed by atoms with Gasteiger partial charge in [-0.25, -0.2) is 4.79 Å². The molecule has 0 aliphatic rings. The first kappa shape index (κ1) is 11.9. The van der Waals surface area contributed by atoms with E-state index in [0.717, 1.165) is 0 Å². The molecular weight excluding hydrogens is 176 g/mol. The van der Waals surface area contributed by atoms with Crippen molar-refractivity contribution >= 4 is 11.9 Å². The quantitative estimate of drug-likeness (QED) is 0.645. The minimum atomic E-state index is -1.57. The zero-order valence-electron chi connectivity index (χ0n) is 7.74. The van der Waals surface area contributed by atoms with Gasteiger partial charge in [-0.05, 0) is 6.42 Å². The molecule has 0 rings (SSSR count). The summed E-state index contributed by atoms with van der Waals surface area (Å²) in [4.78, 5) is 21.2. The maximum Gasteiger partial charge on any atom is 0.336 e. The first-order chi connectivity index (χ1) is 5.98. The minimum absolute atomic E-state index is 0.200. The minimum Gasteiger partial charge on any atom is -0.481 e. The van der Waals surface area contributed by atoms with Gasteiger partial charge in [-0.15, -0.1) is 0 Å². The zero-order chi connectivity index (χ0) is 10.5. The smallest absolute Gasteiger partial charge is 0.336 e. The third-order valence-corrected chi connectivity index (χ3v) is 1.87. The van der Waals surface area contributed by atoms with Crippen LogP contribution in [0.4, 0.5) is 0 Å². The van der Waals surface area contributed by atoms with Gasteiger partial charge in [0.1, 0.15) is 0 Å². The average molecular weight is 190 g/mol. The highest BCUT2D eigenvalue weighted by Gasteiger charge is 2.40. The molecule has 0 saturated carbocycles. The molecule has 0 saturated heterocycles. The van der Waals surface area contributed by atoms with Crippen molar-refractivity contribution in [3.63, 3.8) is 0 Å². The Hall–Kier alpha value is -1.10. The summed E-state index contributed by atoms with van der Waals surface area (Å²) < 4.78 is 4.77. The Bertz CT molecular complexity index is 201. The van der Waals surface area contributed by atoms with Crippen LogP contribution in [0.5, 0.6) is 0 Å². The van der Waals surface area contributed by atoms with Crippen LogP contribution in [0.1, 0.15) is 26.2 Å². The van der Waals surface area contributed by atoms with Gasteiger partial charge in [0, 0.05) is 7.11 Å². The van der Waals surface area contributed by atoms with Crippen LogP contribution < -0.4 is 0 Å². The Labute approximate surface area is 76.3 Å². The van der Waals surface area contributed by atoms with Gasteiger partial charge in [0.2, 0.25) is 0 Å². The molecule has 0 radical (unpaired) electrons. The summed E-state index contributed by atoms with van der Waals surface area (Å²) in [5.41, 5.74) is -1.57. The van der Waals surface area contributed by atoms with Gasteiger partial charge in [-0.2, -0.15) is 0 Å². The SMILES string of the molecule is CCCC(CC(=O)O)(OC)C(=O)O. The molecule has 13 heavy (non-hydrogen) atoms. The lowest BCUT2D eigenvalue weighted by Crippen LogP contribution is -2.42. The molecule has 1 atom stereocenters. The summed E-state index contributed by atoms with van der Waals surface area (Å²) in [6.45, 7) is 1.78. The molecule has 2 N–H and O–H groups in total. The first-order valence-electron chi connectivity index (χ1n) is 3.99. The van der Waals surface area contributed by atoms with Gasteiger partial charge in [-0.1, -0.05) is 13.3 Å². The van der Waals surface area contributed by atoms with Crippen molar-refractivity contribution in [1.29, 1.82) is 0 Å². The number of carboxylic acids is 2. The molecule has 0 aromatic rings. The Morgan fingerprint density at radius 2 is 1.92 bits per heavy atom. The van der Waals surface area contributed by atoms with Crippen LogP contribution in [0.3, 0.4) is 0 Å². The number of rotatable bonds is 6. The average Bonchev–Trinajstić information content (AvgIpc) is 2.02. The van der Waals surface area contributed by atoms with E-state index >= 15 is 0 Å². The summed E-state index contributed by atoms with van der Waals surface area (Å²) in [5, 5.41) is 17.3. The van der Waals surface area contributed by atoms with Crippen molar-refractivity contribution in [1.82, 2.24) is 0 Å². The van der Waals surface area contributed by atoms with Gasteiger partial charge >= 0.3 is 11.9 Å². The van der Waals surface area contributed by atoms with E-state index in [1.54, 1.807) is 6.92 Å². The second kappa shape index (κ2) is 4.81. The predicted molar refractivity (Wildman–Crippen MR) is 44.5 cm³/mol. The van der Waals surface area contributed by atoms with E-state index in [2.05, 4.69) is 0 Å². The van der Waals surface area contributed by atoms with Crippen molar-refractivity contribution in [2.45, 2.75) is 31.8 Å².